The fourth-order valence-corrected chi connectivity index (χ4v) is 2.27. The third-order valence-electron chi connectivity index (χ3n) is 2.80. The first-order valence-corrected chi connectivity index (χ1v) is 5.70. The van der Waals surface area contributed by atoms with E-state index in [1.807, 2.05) is 0 Å². The number of nitrogens with one attached hydrogen (secondary N) is 1. The van der Waals surface area contributed by atoms with Crippen molar-refractivity contribution in [3.05, 3.63) is 16.9 Å². The van der Waals surface area contributed by atoms with Gasteiger partial charge in [-0.25, -0.2) is 0 Å². The average Bonchev–Trinajstić information content (AvgIpc) is 2.61. The summed E-state index contributed by atoms with van der Waals surface area (Å²) < 4.78 is 1.75. The highest BCUT2D eigenvalue weighted by molar-refractivity contribution is 6.30. The van der Waals surface area contributed by atoms with E-state index in [-0.39, 0.29) is 12.5 Å². The van der Waals surface area contributed by atoms with E-state index < -0.39 is 5.97 Å². The third-order valence-corrected chi connectivity index (χ3v) is 3.22. The lowest BCUT2D eigenvalue weighted by Gasteiger charge is -2.23. The van der Waals surface area contributed by atoms with Gasteiger partial charge in [-0.2, -0.15) is 5.10 Å². The van der Waals surface area contributed by atoms with Crippen LogP contribution in [0, 0.1) is 0 Å². The van der Waals surface area contributed by atoms with E-state index >= 15 is 0 Å². The van der Waals surface area contributed by atoms with Crippen LogP contribution in [0.1, 0.15) is 24.4 Å². The first kappa shape index (κ1) is 11.4. The largest absolute Gasteiger partial charge is 0.481 e. The van der Waals surface area contributed by atoms with Gasteiger partial charge >= 0.3 is 5.97 Å². The molecule has 1 saturated heterocycles. The van der Waals surface area contributed by atoms with Gasteiger partial charge in [0.15, 0.2) is 0 Å². The van der Waals surface area contributed by atoms with Crippen LogP contribution in [0.4, 0.5) is 0 Å². The maximum Gasteiger partial charge on any atom is 0.307 e. The van der Waals surface area contributed by atoms with Gasteiger partial charge < -0.3 is 10.4 Å². The molecule has 0 aliphatic carbocycles. The molecule has 0 atom stereocenters. The quantitative estimate of drug-likeness (QED) is 0.834. The number of nitrogens with zero attached hydrogens (tertiary/aromatic N) is 2. The van der Waals surface area contributed by atoms with Crippen molar-refractivity contribution in [2.24, 2.45) is 0 Å². The molecule has 1 aromatic rings. The maximum absolute atomic E-state index is 10.6. The minimum absolute atomic E-state index is 0.0657. The minimum Gasteiger partial charge on any atom is -0.481 e. The van der Waals surface area contributed by atoms with Crippen molar-refractivity contribution in [1.82, 2.24) is 15.1 Å². The van der Waals surface area contributed by atoms with Crippen molar-refractivity contribution in [2.45, 2.75) is 25.3 Å². The molecule has 6 heteroatoms. The normalized spacial score (nSPS) is 17.6. The summed E-state index contributed by atoms with van der Waals surface area (Å²) in [4.78, 5) is 10.6. The van der Waals surface area contributed by atoms with E-state index in [0.717, 1.165) is 25.9 Å². The monoisotopic (exact) mass is 243 g/mol. The summed E-state index contributed by atoms with van der Waals surface area (Å²) in [5, 5.41) is 16.6. The summed E-state index contributed by atoms with van der Waals surface area (Å²) in [7, 11) is 0. The Balaban J connectivity index is 2.15. The Kier molecular flexibility index (Phi) is 3.46. The smallest absolute Gasteiger partial charge is 0.307 e. The SMILES string of the molecule is O=C(O)Cc1cnn(C2CCNCC2)c1Cl. The molecule has 16 heavy (non-hydrogen) atoms. The van der Waals surface area contributed by atoms with E-state index in [1.54, 1.807) is 10.9 Å². The molecule has 0 saturated carbocycles. The molecule has 0 unspecified atom stereocenters. The molecule has 0 spiro atoms. The van der Waals surface area contributed by atoms with Crippen molar-refractivity contribution in [3.8, 4) is 0 Å². The molecule has 0 bridgehead atoms. The van der Waals surface area contributed by atoms with Crippen LogP contribution in [0.25, 0.3) is 0 Å². The Morgan fingerprint density at radius 3 is 2.94 bits per heavy atom. The molecule has 1 aliphatic rings. The highest BCUT2D eigenvalue weighted by Gasteiger charge is 2.20. The van der Waals surface area contributed by atoms with Gasteiger partial charge in [0, 0.05) is 5.56 Å². The van der Waals surface area contributed by atoms with Crippen LogP contribution in [0.15, 0.2) is 6.20 Å². The van der Waals surface area contributed by atoms with Gasteiger partial charge in [0.2, 0.25) is 0 Å². The molecular weight excluding hydrogens is 230 g/mol. The fraction of sp³-hybridized carbons (Fsp3) is 0.600. The molecule has 1 aromatic heterocycles. The molecule has 0 radical (unpaired) electrons. The van der Waals surface area contributed by atoms with Gasteiger partial charge in [0.1, 0.15) is 5.15 Å². The summed E-state index contributed by atoms with van der Waals surface area (Å²) in [6.45, 7) is 1.91. The predicted molar refractivity (Wildman–Crippen MR) is 59.7 cm³/mol. The fourth-order valence-electron chi connectivity index (χ4n) is 1.97. The van der Waals surface area contributed by atoms with Gasteiger partial charge in [0.05, 0.1) is 18.7 Å². The lowest BCUT2D eigenvalue weighted by Crippen LogP contribution is -2.29. The first-order chi connectivity index (χ1) is 7.68. The number of aromatic nitrogens is 2. The number of carboxylic acids is 1. The van der Waals surface area contributed by atoms with Gasteiger partial charge in [-0.15, -0.1) is 0 Å². The minimum atomic E-state index is -0.883. The van der Waals surface area contributed by atoms with Crippen molar-refractivity contribution in [2.75, 3.05) is 13.1 Å². The number of rotatable bonds is 3. The Morgan fingerprint density at radius 1 is 1.62 bits per heavy atom. The topological polar surface area (TPSA) is 67.1 Å². The highest BCUT2D eigenvalue weighted by atomic mass is 35.5. The summed E-state index contributed by atoms with van der Waals surface area (Å²) in [6.07, 6.45) is 3.45. The number of hydrogen-bond acceptors (Lipinski definition) is 3. The number of aliphatic carboxylic acids is 1. The first-order valence-electron chi connectivity index (χ1n) is 5.33. The van der Waals surface area contributed by atoms with Crippen LogP contribution in [0.5, 0.6) is 0 Å². The number of piperidine rings is 1. The Hall–Kier alpha value is -1.07. The average molecular weight is 244 g/mol. The molecule has 5 nitrogen and oxygen atoms in total. The standard InChI is InChI=1S/C10H14ClN3O2/c11-10-7(5-9(15)16)6-13-14(10)8-1-3-12-4-2-8/h6,8,12H,1-5H2,(H,15,16). The van der Waals surface area contributed by atoms with E-state index in [9.17, 15) is 4.79 Å². The molecule has 0 amide bonds. The summed E-state index contributed by atoms with van der Waals surface area (Å²) in [6, 6.07) is 0.288. The van der Waals surface area contributed by atoms with E-state index in [4.69, 9.17) is 16.7 Å². The Labute approximate surface area is 98.4 Å². The molecule has 1 aliphatic heterocycles. The lowest BCUT2D eigenvalue weighted by atomic mass is 10.1. The van der Waals surface area contributed by atoms with Gasteiger partial charge in [-0.3, -0.25) is 9.48 Å². The summed E-state index contributed by atoms with van der Waals surface area (Å²) in [5.74, 6) is -0.883. The van der Waals surface area contributed by atoms with Gasteiger partial charge in [-0.05, 0) is 25.9 Å². The molecule has 2 heterocycles. The van der Waals surface area contributed by atoms with Crippen LogP contribution in [-0.2, 0) is 11.2 Å². The van der Waals surface area contributed by atoms with Crippen LogP contribution in [0.3, 0.4) is 0 Å². The highest BCUT2D eigenvalue weighted by Crippen LogP contribution is 2.25. The van der Waals surface area contributed by atoms with Crippen LogP contribution in [0.2, 0.25) is 5.15 Å². The molecule has 2 N–H and O–H groups in total. The van der Waals surface area contributed by atoms with E-state index in [1.165, 1.54) is 0 Å². The number of carboxylic acid groups (broad SMARTS) is 1. The molecule has 0 aromatic carbocycles. The van der Waals surface area contributed by atoms with Crippen LogP contribution < -0.4 is 5.32 Å². The Morgan fingerprint density at radius 2 is 2.31 bits per heavy atom. The molecule has 1 fully saturated rings. The lowest BCUT2D eigenvalue weighted by molar-refractivity contribution is -0.136. The zero-order valence-electron chi connectivity index (χ0n) is 8.82. The maximum atomic E-state index is 10.6. The van der Waals surface area contributed by atoms with E-state index in [2.05, 4.69) is 10.4 Å². The Bertz CT molecular complexity index is 385. The summed E-state index contributed by atoms with van der Waals surface area (Å²) in [5.41, 5.74) is 0.590. The zero-order valence-corrected chi connectivity index (χ0v) is 9.57. The second-order valence-corrected chi connectivity index (χ2v) is 4.31. The molecule has 88 valence electrons. The number of halogens is 1. The van der Waals surface area contributed by atoms with Crippen molar-refractivity contribution < 1.29 is 9.90 Å². The number of hydrogen-bond donors (Lipinski definition) is 2. The second-order valence-electron chi connectivity index (χ2n) is 3.96. The number of carbonyl (C=O) groups is 1. The van der Waals surface area contributed by atoms with Crippen LogP contribution in [-0.4, -0.2) is 33.9 Å². The second kappa shape index (κ2) is 4.84. The summed E-state index contributed by atoms with van der Waals surface area (Å²) >= 11 is 6.12. The molecule has 2 rings (SSSR count). The van der Waals surface area contributed by atoms with Crippen molar-refractivity contribution >= 4 is 17.6 Å². The van der Waals surface area contributed by atoms with Gasteiger partial charge in [0.25, 0.3) is 0 Å². The predicted octanol–water partition coefficient (Wildman–Crippen LogP) is 1.09. The zero-order chi connectivity index (χ0) is 11.5. The van der Waals surface area contributed by atoms with Crippen molar-refractivity contribution in [3.63, 3.8) is 0 Å². The van der Waals surface area contributed by atoms with Crippen LogP contribution >= 0.6 is 11.6 Å². The van der Waals surface area contributed by atoms with Gasteiger partial charge in [-0.1, -0.05) is 11.6 Å². The third kappa shape index (κ3) is 2.36. The van der Waals surface area contributed by atoms with E-state index in [0.29, 0.717) is 10.7 Å². The van der Waals surface area contributed by atoms with Crippen molar-refractivity contribution in [1.29, 1.82) is 0 Å². The molecular formula is C10H14ClN3O2.